The molecule has 5 nitrogen and oxygen atoms in total. The van der Waals surface area contributed by atoms with Crippen molar-refractivity contribution in [2.24, 2.45) is 4.99 Å². The van der Waals surface area contributed by atoms with Gasteiger partial charge in [0.15, 0.2) is 0 Å². The van der Waals surface area contributed by atoms with E-state index in [9.17, 15) is 8.42 Å². The summed E-state index contributed by atoms with van der Waals surface area (Å²) >= 11 is 0. The van der Waals surface area contributed by atoms with E-state index in [1.165, 1.54) is 0 Å². The first-order valence-electron chi connectivity index (χ1n) is 3.97. The van der Waals surface area contributed by atoms with Crippen LogP contribution in [0.4, 0.5) is 0 Å². The third-order valence-electron chi connectivity index (χ3n) is 1.56. The topological polar surface area (TPSA) is 78.8 Å². The van der Waals surface area contributed by atoms with E-state index in [-0.39, 0.29) is 5.75 Å². The molecule has 0 aromatic heterocycles. The summed E-state index contributed by atoms with van der Waals surface area (Å²) in [5.74, 6) is 0.846. The molecule has 0 atom stereocenters. The number of hydrogen-bond acceptors (Lipinski definition) is 5. The van der Waals surface area contributed by atoms with Crippen LogP contribution in [0.25, 0.3) is 0 Å². The van der Waals surface area contributed by atoms with Crippen LogP contribution in [-0.2, 0) is 9.15 Å². The molecule has 0 saturated heterocycles. The van der Waals surface area contributed by atoms with Crippen LogP contribution in [0.5, 0.6) is 0 Å². The van der Waals surface area contributed by atoms with Gasteiger partial charge in [0.25, 0.3) is 0 Å². The molecule has 0 aliphatic carbocycles. The van der Waals surface area contributed by atoms with E-state index in [4.69, 9.17) is 4.55 Å². The molecule has 0 unspecified atom stereocenters. The third-order valence-corrected chi connectivity index (χ3v) is 3.50. The Morgan fingerprint density at radius 2 is 2.31 bits per heavy atom. The zero-order chi connectivity index (χ0) is 9.73. The highest BCUT2D eigenvalue weighted by molar-refractivity contribution is 8.70. The minimum absolute atomic E-state index is 0.193. The smallest absolute Gasteiger partial charge is 0.320 e. The zero-order valence-electron chi connectivity index (χ0n) is 7.06. The maximum Gasteiger partial charge on any atom is 0.320 e. The van der Waals surface area contributed by atoms with E-state index in [0.717, 1.165) is 25.9 Å². The van der Waals surface area contributed by atoms with Crippen LogP contribution in [0.1, 0.15) is 12.8 Å². The van der Waals surface area contributed by atoms with Crippen LogP contribution < -0.4 is 5.32 Å². The molecule has 1 rings (SSSR count). The van der Waals surface area contributed by atoms with Gasteiger partial charge in [-0.1, -0.05) is 0 Å². The molecule has 0 spiro atoms. The maximum atomic E-state index is 10.4. The minimum Gasteiger partial charge on any atom is -0.373 e. The van der Waals surface area contributed by atoms with E-state index < -0.39 is 9.15 Å². The lowest BCUT2D eigenvalue weighted by molar-refractivity contribution is 0.503. The molecule has 1 heterocycles. The zero-order valence-corrected chi connectivity index (χ0v) is 8.70. The molecular weight excluding hydrogens is 212 g/mol. The van der Waals surface area contributed by atoms with Crippen LogP contribution in [0.15, 0.2) is 4.99 Å². The Hall–Kier alpha value is -0.270. The summed E-state index contributed by atoms with van der Waals surface area (Å²) in [5.41, 5.74) is 0. The molecule has 7 heteroatoms. The first-order valence-corrected chi connectivity index (χ1v) is 6.91. The Morgan fingerprint density at radius 1 is 1.54 bits per heavy atom. The first-order chi connectivity index (χ1) is 6.08. The molecule has 1 aliphatic rings. The number of aliphatic imine (C=N–C) groups is 1. The van der Waals surface area contributed by atoms with Gasteiger partial charge >= 0.3 is 9.15 Å². The highest BCUT2D eigenvalue weighted by atomic mass is 33.1. The Balaban J connectivity index is 2.39. The van der Waals surface area contributed by atoms with Crippen LogP contribution in [0.2, 0.25) is 0 Å². The lowest BCUT2D eigenvalue weighted by atomic mass is 10.3. The van der Waals surface area contributed by atoms with Crippen molar-refractivity contribution >= 4 is 25.8 Å². The second-order valence-electron chi connectivity index (χ2n) is 2.65. The first kappa shape index (κ1) is 10.8. The van der Waals surface area contributed by atoms with Crippen LogP contribution in [0, 0.1) is 0 Å². The molecule has 13 heavy (non-hydrogen) atoms. The van der Waals surface area contributed by atoms with Gasteiger partial charge in [0.2, 0.25) is 0 Å². The summed E-state index contributed by atoms with van der Waals surface area (Å²) in [6.45, 7) is 1.55. The van der Waals surface area contributed by atoms with E-state index in [1.54, 1.807) is 0 Å². The normalized spacial score (nSPS) is 18.7. The largest absolute Gasteiger partial charge is 0.373 e. The van der Waals surface area contributed by atoms with E-state index in [2.05, 4.69) is 10.3 Å². The standard InChI is InChI=1S/C6H12N2O3S2/c9-13(10,11)12-5-6-7-3-1-2-4-8-6/h1-5H2,(H,7,8)(H,9,10,11). The number of hydrogen-bond donors (Lipinski definition) is 2. The molecule has 1 aliphatic heterocycles. The highest BCUT2D eigenvalue weighted by Gasteiger charge is 2.09. The summed E-state index contributed by atoms with van der Waals surface area (Å²) < 4.78 is 29.3. The van der Waals surface area contributed by atoms with Crippen molar-refractivity contribution in [2.75, 3.05) is 18.8 Å². The average Bonchev–Trinajstić information content (AvgIpc) is 2.26. The van der Waals surface area contributed by atoms with Crippen molar-refractivity contribution in [1.29, 1.82) is 0 Å². The molecule has 0 amide bonds. The Kier molecular flexibility index (Phi) is 4.01. The Morgan fingerprint density at radius 3 is 3.00 bits per heavy atom. The van der Waals surface area contributed by atoms with Gasteiger partial charge in [0, 0.05) is 23.9 Å². The lowest BCUT2D eigenvalue weighted by Gasteiger charge is -2.04. The quantitative estimate of drug-likeness (QED) is 0.532. The van der Waals surface area contributed by atoms with E-state index in [1.807, 2.05) is 0 Å². The maximum absolute atomic E-state index is 10.4. The van der Waals surface area contributed by atoms with Gasteiger partial charge < -0.3 is 5.32 Å². The van der Waals surface area contributed by atoms with Crippen LogP contribution in [-0.4, -0.2) is 37.6 Å². The summed E-state index contributed by atoms with van der Waals surface area (Å²) in [5, 5.41) is 3.01. The van der Waals surface area contributed by atoms with Crippen LogP contribution in [0.3, 0.4) is 0 Å². The fourth-order valence-electron chi connectivity index (χ4n) is 0.966. The summed E-state index contributed by atoms with van der Waals surface area (Å²) in [6.07, 6.45) is 2.07. The van der Waals surface area contributed by atoms with Crippen molar-refractivity contribution in [1.82, 2.24) is 5.32 Å². The third kappa shape index (κ3) is 5.12. The van der Waals surface area contributed by atoms with Gasteiger partial charge in [-0.25, -0.2) is 0 Å². The number of rotatable bonds is 3. The Labute approximate surface area is 81.2 Å². The van der Waals surface area contributed by atoms with Gasteiger partial charge in [-0.2, -0.15) is 8.42 Å². The van der Waals surface area contributed by atoms with Crippen molar-refractivity contribution in [3.8, 4) is 0 Å². The second-order valence-corrected chi connectivity index (χ2v) is 6.00. The van der Waals surface area contributed by atoms with Crippen LogP contribution >= 0.6 is 10.8 Å². The van der Waals surface area contributed by atoms with Crippen molar-refractivity contribution in [2.45, 2.75) is 12.8 Å². The molecule has 0 radical (unpaired) electrons. The molecule has 0 aromatic carbocycles. The van der Waals surface area contributed by atoms with E-state index >= 15 is 0 Å². The molecule has 0 bridgehead atoms. The Bertz CT molecular complexity index is 286. The van der Waals surface area contributed by atoms with Gasteiger partial charge in [0.1, 0.15) is 5.84 Å². The number of nitrogens with one attached hydrogen (secondary N) is 1. The van der Waals surface area contributed by atoms with Gasteiger partial charge in [0.05, 0.1) is 5.75 Å². The van der Waals surface area contributed by atoms with Crippen molar-refractivity contribution < 1.29 is 13.0 Å². The molecule has 76 valence electrons. The summed E-state index contributed by atoms with van der Waals surface area (Å²) in [4.78, 5) is 4.14. The molecule has 0 fully saturated rings. The lowest BCUT2D eigenvalue weighted by Crippen LogP contribution is -2.25. The average molecular weight is 224 g/mol. The second kappa shape index (κ2) is 4.83. The minimum atomic E-state index is -3.94. The molecular formula is C6H12N2O3S2. The monoisotopic (exact) mass is 224 g/mol. The fourth-order valence-corrected chi connectivity index (χ4v) is 2.20. The van der Waals surface area contributed by atoms with Gasteiger partial charge in [-0.05, 0) is 12.8 Å². The fraction of sp³-hybridized carbons (Fsp3) is 0.833. The van der Waals surface area contributed by atoms with E-state index in [0.29, 0.717) is 16.6 Å². The summed E-state index contributed by atoms with van der Waals surface area (Å²) in [6, 6.07) is 0. The predicted molar refractivity (Wildman–Crippen MR) is 53.5 cm³/mol. The van der Waals surface area contributed by atoms with Gasteiger partial charge in [-0.15, -0.1) is 0 Å². The number of nitrogens with zero attached hydrogens (tertiary/aromatic N) is 1. The molecule has 0 aromatic rings. The summed E-state index contributed by atoms with van der Waals surface area (Å²) in [7, 11) is -3.46. The van der Waals surface area contributed by atoms with Gasteiger partial charge in [-0.3, -0.25) is 9.55 Å². The van der Waals surface area contributed by atoms with Crippen molar-refractivity contribution in [3.63, 3.8) is 0 Å². The van der Waals surface area contributed by atoms with Crippen molar-refractivity contribution in [3.05, 3.63) is 0 Å². The number of amidine groups is 1. The predicted octanol–water partition coefficient (Wildman–Crippen LogP) is 0.304. The molecule has 2 N–H and O–H groups in total. The molecule has 0 saturated carbocycles. The highest BCUT2D eigenvalue weighted by Crippen LogP contribution is 2.09. The SMILES string of the molecule is O=S(=O)(O)SCC1=NCCCCN1.